The molecule has 0 radical (unpaired) electrons. The predicted molar refractivity (Wildman–Crippen MR) is 98.9 cm³/mol. The molecule has 8 heteroatoms. The van der Waals surface area contributed by atoms with Gasteiger partial charge in [0.05, 0.1) is 27.6 Å². The van der Waals surface area contributed by atoms with Gasteiger partial charge in [0.25, 0.3) is 11.8 Å². The molecule has 0 saturated heterocycles. The third-order valence-corrected chi connectivity index (χ3v) is 3.63. The van der Waals surface area contributed by atoms with E-state index in [4.69, 9.17) is 18.6 Å². The number of hydrogen-bond donors (Lipinski definition) is 1. The van der Waals surface area contributed by atoms with Crippen LogP contribution in [0.3, 0.4) is 0 Å². The molecule has 0 aliphatic rings. The molecule has 0 bridgehead atoms. The molecule has 1 N–H and O–H groups in total. The van der Waals surface area contributed by atoms with Crippen molar-refractivity contribution in [3.05, 3.63) is 47.5 Å². The number of benzene rings is 1. The smallest absolute Gasteiger partial charge is 0.291 e. The Bertz CT molecular complexity index is 815. The highest BCUT2D eigenvalue weighted by Crippen LogP contribution is 2.38. The van der Waals surface area contributed by atoms with Crippen molar-refractivity contribution in [3.63, 3.8) is 0 Å². The van der Waals surface area contributed by atoms with Crippen LogP contribution in [0.4, 0.5) is 0 Å². The summed E-state index contributed by atoms with van der Waals surface area (Å²) < 4.78 is 21.0. The first-order valence-electron chi connectivity index (χ1n) is 7.99. The van der Waals surface area contributed by atoms with Gasteiger partial charge in [0.15, 0.2) is 17.3 Å². The number of likely N-dealkylation sites (N-methyl/N-ethyl adjacent to an activating group) is 1. The van der Waals surface area contributed by atoms with Crippen LogP contribution in [0, 0.1) is 0 Å². The van der Waals surface area contributed by atoms with Crippen molar-refractivity contribution in [1.82, 2.24) is 10.2 Å². The monoisotopic (exact) mass is 374 g/mol. The van der Waals surface area contributed by atoms with Crippen LogP contribution in [0.5, 0.6) is 17.2 Å². The summed E-state index contributed by atoms with van der Waals surface area (Å²) in [6.45, 7) is 0. The van der Waals surface area contributed by atoms with Gasteiger partial charge in [0.1, 0.15) is 5.70 Å². The molecule has 2 aromatic rings. The van der Waals surface area contributed by atoms with Crippen molar-refractivity contribution >= 4 is 17.9 Å². The fraction of sp³-hybridized carbons (Fsp3) is 0.263. The Morgan fingerprint density at radius 3 is 2.15 bits per heavy atom. The number of rotatable bonds is 7. The minimum atomic E-state index is -0.533. The number of carbonyl (C=O) groups is 2. The zero-order valence-electron chi connectivity index (χ0n) is 15.9. The Morgan fingerprint density at radius 2 is 1.70 bits per heavy atom. The number of ether oxygens (including phenoxy) is 3. The number of hydrogen-bond acceptors (Lipinski definition) is 6. The molecule has 2 amide bonds. The largest absolute Gasteiger partial charge is 0.493 e. The lowest BCUT2D eigenvalue weighted by Gasteiger charge is -2.16. The lowest BCUT2D eigenvalue weighted by molar-refractivity contribution is -0.124. The summed E-state index contributed by atoms with van der Waals surface area (Å²) in [4.78, 5) is 26.2. The number of furan rings is 1. The fourth-order valence-electron chi connectivity index (χ4n) is 2.34. The third-order valence-electron chi connectivity index (χ3n) is 3.63. The van der Waals surface area contributed by atoms with Gasteiger partial charge in [-0.25, -0.2) is 0 Å². The first-order chi connectivity index (χ1) is 12.9. The molecule has 0 aliphatic heterocycles. The zero-order valence-corrected chi connectivity index (χ0v) is 15.9. The molecule has 0 fully saturated rings. The molecule has 1 heterocycles. The molecule has 1 aromatic heterocycles. The Hall–Kier alpha value is -3.42. The van der Waals surface area contributed by atoms with Crippen LogP contribution in [0.2, 0.25) is 0 Å². The molecule has 0 spiro atoms. The number of amides is 2. The maximum Gasteiger partial charge on any atom is 0.291 e. The summed E-state index contributed by atoms with van der Waals surface area (Å²) in [5.74, 6) is 0.460. The van der Waals surface area contributed by atoms with Crippen LogP contribution >= 0.6 is 0 Å². The SMILES string of the molecule is COc1cc(C=C(NC(=O)c2ccco2)C(=O)N(C)C)cc(OC)c1OC. The third kappa shape index (κ3) is 4.60. The highest BCUT2D eigenvalue weighted by atomic mass is 16.5. The van der Waals surface area contributed by atoms with Crippen molar-refractivity contribution < 1.29 is 28.2 Å². The van der Waals surface area contributed by atoms with Gasteiger partial charge in [0, 0.05) is 14.1 Å². The van der Waals surface area contributed by atoms with Gasteiger partial charge in [-0.1, -0.05) is 0 Å². The summed E-state index contributed by atoms with van der Waals surface area (Å²) in [6, 6.07) is 6.43. The second-order valence-electron chi connectivity index (χ2n) is 5.65. The standard InChI is InChI=1S/C19H22N2O6/c1-21(2)19(23)13(20-18(22)14-7-6-8-27-14)9-12-10-15(24-3)17(26-5)16(11-12)25-4/h6-11H,1-5H3,(H,20,22). The van der Waals surface area contributed by atoms with Gasteiger partial charge < -0.3 is 28.8 Å². The van der Waals surface area contributed by atoms with Gasteiger partial charge in [-0.15, -0.1) is 0 Å². The van der Waals surface area contributed by atoms with Crippen LogP contribution in [0.1, 0.15) is 16.1 Å². The van der Waals surface area contributed by atoms with Crippen LogP contribution in [-0.2, 0) is 4.79 Å². The van der Waals surface area contributed by atoms with E-state index in [1.165, 1.54) is 44.6 Å². The highest BCUT2D eigenvalue weighted by molar-refractivity contribution is 6.04. The van der Waals surface area contributed by atoms with E-state index in [2.05, 4.69) is 5.32 Å². The van der Waals surface area contributed by atoms with Gasteiger partial charge >= 0.3 is 0 Å². The number of carbonyl (C=O) groups excluding carboxylic acids is 2. The molecule has 27 heavy (non-hydrogen) atoms. The summed E-state index contributed by atoms with van der Waals surface area (Å²) in [5, 5.41) is 2.58. The van der Waals surface area contributed by atoms with Gasteiger partial charge in [-0.2, -0.15) is 0 Å². The first-order valence-corrected chi connectivity index (χ1v) is 7.99. The van der Waals surface area contributed by atoms with Crippen molar-refractivity contribution in [3.8, 4) is 17.2 Å². The average Bonchev–Trinajstić information content (AvgIpc) is 3.20. The van der Waals surface area contributed by atoms with E-state index in [0.717, 1.165) is 0 Å². The average molecular weight is 374 g/mol. The first kappa shape index (κ1) is 19.9. The Kier molecular flexibility index (Phi) is 6.48. The molecule has 8 nitrogen and oxygen atoms in total. The normalized spacial score (nSPS) is 10.9. The molecule has 0 saturated carbocycles. The van der Waals surface area contributed by atoms with E-state index in [1.807, 2.05) is 0 Å². The molecule has 144 valence electrons. The van der Waals surface area contributed by atoms with E-state index in [-0.39, 0.29) is 17.4 Å². The fourth-order valence-corrected chi connectivity index (χ4v) is 2.34. The topological polar surface area (TPSA) is 90.2 Å². The van der Waals surface area contributed by atoms with Crippen molar-refractivity contribution in [2.24, 2.45) is 0 Å². The minimum absolute atomic E-state index is 0.0654. The summed E-state index contributed by atoms with van der Waals surface area (Å²) in [6.07, 6.45) is 2.90. The molecule has 0 atom stereocenters. The highest BCUT2D eigenvalue weighted by Gasteiger charge is 2.19. The molecular formula is C19H22N2O6. The predicted octanol–water partition coefficient (Wildman–Crippen LogP) is 2.16. The van der Waals surface area contributed by atoms with E-state index >= 15 is 0 Å². The quantitative estimate of drug-likeness (QED) is 0.747. The molecular weight excluding hydrogens is 352 g/mol. The van der Waals surface area contributed by atoms with Crippen molar-refractivity contribution in [2.45, 2.75) is 0 Å². The van der Waals surface area contributed by atoms with Crippen molar-refractivity contribution in [1.29, 1.82) is 0 Å². The summed E-state index contributed by atoms with van der Waals surface area (Å²) in [7, 11) is 7.67. The van der Waals surface area contributed by atoms with Gasteiger partial charge in [0.2, 0.25) is 5.75 Å². The van der Waals surface area contributed by atoms with E-state index in [9.17, 15) is 9.59 Å². The Morgan fingerprint density at radius 1 is 1.07 bits per heavy atom. The van der Waals surface area contributed by atoms with Crippen LogP contribution in [0.25, 0.3) is 6.08 Å². The molecule has 0 aliphatic carbocycles. The number of nitrogens with one attached hydrogen (secondary N) is 1. The lowest BCUT2D eigenvalue weighted by atomic mass is 10.1. The maximum absolute atomic E-state index is 12.5. The van der Waals surface area contributed by atoms with Crippen LogP contribution in [0.15, 0.2) is 40.6 Å². The number of nitrogens with zero attached hydrogens (tertiary/aromatic N) is 1. The molecule has 1 aromatic carbocycles. The van der Waals surface area contributed by atoms with E-state index in [0.29, 0.717) is 22.8 Å². The molecule has 2 rings (SSSR count). The summed E-state index contributed by atoms with van der Waals surface area (Å²) >= 11 is 0. The summed E-state index contributed by atoms with van der Waals surface area (Å²) in [5.41, 5.74) is 0.644. The Labute approximate surface area is 157 Å². The maximum atomic E-state index is 12.5. The van der Waals surface area contributed by atoms with Gasteiger partial charge in [-0.05, 0) is 35.9 Å². The van der Waals surface area contributed by atoms with Gasteiger partial charge in [-0.3, -0.25) is 9.59 Å². The van der Waals surface area contributed by atoms with E-state index < -0.39 is 5.91 Å². The van der Waals surface area contributed by atoms with Crippen LogP contribution < -0.4 is 19.5 Å². The minimum Gasteiger partial charge on any atom is -0.493 e. The molecule has 0 unspecified atom stereocenters. The number of methoxy groups -OCH3 is 3. The Balaban J connectivity index is 2.47. The van der Waals surface area contributed by atoms with Crippen molar-refractivity contribution in [2.75, 3.05) is 35.4 Å². The lowest BCUT2D eigenvalue weighted by Crippen LogP contribution is -2.34. The zero-order chi connectivity index (χ0) is 20.0. The van der Waals surface area contributed by atoms with E-state index in [1.54, 1.807) is 32.3 Å². The second-order valence-corrected chi connectivity index (χ2v) is 5.65. The second kappa shape index (κ2) is 8.79. The van der Waals surface area contributed by atoms with Crippen LogP contribution in [-0.4, -0.2) is 52.1 Å².